The van der Waals surface area contributed by atoms with Crippen LogP contribution in [0.1, 0.15) is 31.2 Å². The number of hydrogen-bond donors (Lipinski definition) is 1. The van der Waals surface area contributed by atoms with E-state index in [0.29, 0.717) is 0 Å². The number of pyridine rings is 1. The van der Waals surface area contributed by atoms with E-state index in [-0.39, 0.29) is 0 Å². The predicted molar refractivity (Wildman–Crippen MR) is 67.5 cm³/mol. The SMILES string of the molecule is CNc1ncccc1CN1CCCCCC1. The largest absolute Gasteiger partial charge is 0.373 e. The first-order chi connectivity index (χ1) is 7.90. The summed E-state index contributed by atoms with van der Waals surface area (Å²) in [5, 5.41) is 3.16. The topological polar surface area (TPSA) is 28.2 Å². The third-order valence-electron chi connectivity index (χ3n) is 3.22. The van der Waals surface area contributed by atoms with Crippen LogP contribution in [0.25, 0.3) is 0 Å². The number of anilines is 1. The lowest BCUT2D eigenvalue weighted by atomic mass is 10.2. The Hall–Kier alpha value is -1.09. The van der Waals surface area contributed by atoms with Crippen LogP contribution in [-0.4, -0.2) is 30.0 Å². The van der Waals surface area contributed by atoms with E-state index in [1.165, 1.54) is 44.3 Å². The van der Waals surface area contributed by atoms with Crippen LogP contribution in [0.15, 0.2) is 18.3 Å². The van der Waals surface area contributed by atoms with E-state index in [2.05, 4.69) is 21.3 Å². The van der Waals surface area contributed by atoms with Gasteiger partial charge in [-0.3, -0.25) is 4.90 Å². The van der Waals surface area contributed by atoms with Crippen molar-refractivity contribution in [3.63, 3.8) is 0 Å². The molecule has 0 saturated carbocycles. The van der Waals surface area contributed by atoms with E-state index in [4.69, 9.17) is 0 Å². The Morgan fingerprint density at radius 3 is 2.69 bits per heavy atom. The molecule has 0 spiro atoms. The zero-order valence-corrected chi connectivity index (χ0v) is 10.1. The molecule has 1 fully saturated rings. The molecule has 0 atom stereocenters. The molecule has 1 aromatic rings. The molecule has 0 amide bonds. The molecule has 88 valence electrons. The zero-order valence-electron chi connectivity index (χ0n) is 10.1. The second kappa shape index (κ2) is 5.85. The van der Waals surface area contributed by atoms with Crippen molar-refractivity contribution in [3.8, 4) is 0 Å². The molecule has 2 heterocycles. The fraction of sp³-hybridized carbons (Fsp3) is 0.615. The van der Waals surface area contributed by atoms with Gasteiger partial charge in [0.25, 0.3) is 0 Å². The molecule has 1 aromatic heterocycles. The molecule has 3 nitrogen and oxygen atoms in total. The van der Waals surface area contributed by atoms with E-state index < -0.39 is 0 Å². The molecule has 3 heteroatoms. The number of nitrogens with zero attached hydrogens (tertiary/aromatic N) is 2. The van der Waals surface area contributed by atoms with Crippen LogP contribution in [0.4, 0.5) is 5.82 Å². The molecule has 1 saturated heterocycles. The smallest absolute Gasteiger partial charge is 0.130 e. The third kappa shape index (κ3) is 2.95. The molecule has 2 rings (SSSR count). The Balaban J connectivity index is 2.01. The Bertz CT molecular complexity index is 317. The monoisotopic (exact) mass is 219 g/mol. The van der Waals surface area contributed by atoms with Crippen molar-refractivity contribution >= 4 is 5.82 Å². The normalized spacial score (nSPS) is 18.1. The second-order valence-corrected chi connectivity index (χ2v) is 4.45. The lowest BCUT2D eigenvalue weighted by Gasteiger charge is -2.20. The number of likely N-dealkylation sites (tertiary alicyclic amines) is 1. The van der Waals surface area contributed by atoms with Gasteiger partial charge in [0.1, 0.15) is 5.82 Å². The molecule has 0 aliphatic carbocycles. The van der Waals surface area contributed by atoms with Crippen molar-refractivity contribution < 1.29 is 0 Å². The molecule has 16 heavy (non-hydrogen) atoms. The summed E-state index contributed by atoms with van der Waals surface area (Å²) in [6.45, 7) is 3.50. The second-order valence-electron chi connectivity index (χ2n) is 4.45. The van der Waals surface area contributed by atoms with Gasteiger partial charge >= 0.3 is 0 Å². The summed E-state index contributed by atoms with van der Waals surface area (Å²) in [5.41, 5.74) is 1.31. The Kier molecular flexibility index (Phi) is 4.17. The van der Waals surface area contributed by atoms with E-state index >= 15 is 0 Å². The molecular formula is C13H21N3. The number of nitrogens with one attached hydrogen (secondary N) is 1. The third-order valence-corrected chi connectivity index (χ3v) is 3.22. The molecule has 1 aliphatic heterocycles. The summed E-state index contributed by atoms with van der Waals surface area (Å²) in [7, 11) is 1.94. The summed E-state index contributed by atoms with van der Waals surface area (Å²) in [5.74, 6) is 1.02. The van der Waals surface area contributed by atoms with E-state index in [1.54, 1.807) is 0 Å². The van der Waals surface area contributed by atoms with Gasteiger partial charge in [0.15, 0.2) is 0 Å². The van der Waals surface area contributed by atoms with Crippen LogP contribution in [0, 0.1) is 0 Å². The van der Waals surface area contributed by atoms with Crippen LogP contribution in [0.2, 0.25) is 0 Å². The van der Waals surface area contributed by atoms with Gasteiger partial charge in [-0.25, -0.2) is 4.98 Å². The minimum Gasteiger partial charge on any atom is -0.373 e. The fourth-order valence-corrected chi connectivity index (χ4v) is 2.33. The van der Waals surface area contributed by atoms with Gasteiger partial charge in [-0.1, -0.05) is 18.9 Å². The highest BCUT2D eigenvalue weighted by atomic mass is 15.1. The highest BCUT2D eigenvalue weighted by molar-refractivity contribution is 5.42. The van der Waals surface area contributed by atoms with Crippen molar-refractivity contribution in [2.75, 3.05) is 25.5 Å². The van der Waals surface area contributed by atoms with Crippen LogP contribution in [-0.2, 0) is 6.54 Å². The first-order valence-electron chi connectivity index (χ1n) is 6.24. The van der Waals surface area contributed by atoms with Crippen LogP contribution >= 0.6 is 0 Å². The highest BCUT2D eigenvalue weighted by Gasteiger charge is 2.11. The molecule has 0 unspecified atom stereocenters. The lowest BCUT2D eigenvalue weighted by molar-refractivity contribution is 0.277. The average Bonchev–Trinajstić information content (AvgIpc) is 2.58. The Morgan fingerprint density at radius 1 is 1.25 bits per heavy atom. The first-order valence-corrected chi connectivity index (χ1v) is 6.24. The van der Waals surface area contributed by atoms with Gasteiger partial charge in [0, 0.05) is 25.4 Å². The van der Waals surface area contributed by atoms with Gasteiger partial charge in [0.05, 0.1) is 0 Å². The summed E-state index contributed by atoms with van der Waals surface area (Å²) in [6, 6.07) is 4.19. The first kappa shape index (κ1) is 11.4. The predicted octanol–water partition coefficient (Wildman–Crippen LogP) is 2.50. The Morgan fingerprint density at radius 2 is 2.00 bits per heavy atom. The van der Waals surface area contributed by atoms with Crippen molar-refractivity contribution in [1.29, 1.82) is 0 Å². The van der Waals surface area contributed by atoms with E-state index in [0.717, 1.165) is 12.4 Å². The van der Waals surface area contributed by atoms with E-state index in [9.17, 15) is 0 Å². The molecule has 1 aliphatic rings. The molecule has 0 bridgehead atoms. The zero-order chi connectivity index (χ0) is 11.2. The number of aromatic nitrogens is 1. The summed E-state index contributed by atoms with van der Waals surface area (Å²) in [4.78, 5) is 6.89. The number of rotatable bonds is 3. The van der Waals surface area contributed by atoms with Crippen LogP contribution in [0.5, 0.6) is 0 Å². The maximum absolute atomic E-state index is 4.35. The minimum atomic E-state index is 1.02. The van der Waals surface area contributed by atoms with Gasteiger partial charge in [-0.05, 0) is 32.0 Å². The maximum Gasteiger partial charge on any atom is 0.130 e. The van der Waals surface area contributed by atoms with Gasteiger partial charge < -0.3 is 5.32 Å². The maximum atomic E-state index is 4.35. The summed E-state index contributed by atoms with van der Waals surface area (Å²) >= 11 is 0. The van der Waals surface area contributed by atoms with Crippen molar-refractivity contribution in [2.45, 2.75) is 32.2 Å². The van der Waals surface area contributed by atoms with Crippen molar-refractivity contribution in [2.24, 2.45) is 0 Å². The van der Waals surface area contributed by atoms with Crippen LogP contribution in [0.3, 0.4) is 0 Å². The highest BCUT2D eigenvalue weighted by Crippen LogP contribution is 2.17. The van der Waals surface area contributed by atoms with Gasteiger partial charge in [-0.15, -0.1) is 0 Å². The lowest BCUT2D eigenvalue weighted by Crippen LogP contribution is -2.24. The Labute approximate surface area is 97.9 Å². The van der Waals surface area contributed by atoms with Gasteiger partial charge in [-0.2, -0.15) is 0 Å². The fourth-order valence-electron chi connectivity index (χ4n) is 2.33. The van der Waals surface area contributed by atoms with Crippen molar-refractivity contribution in [3.05, 3.63) is 23.9 Å². The van der Waals surface area contributed by atoms with Crippen LogP contribution < -0.4 is 5.32 Å². The van der Waals surface area contributed by atoms with E-state index in [1.807, 2.05) is 19.3 Å². The molecule has 0 aromatic carbocycles. The minimum absolute atomic E-state index is 1.02. The summed E-state index contributed by atoms with van der Waals surface area (Å²) in [6.07, 6.45) is 7.31. The quantitative estimate of drug-likeness (QED) is 0.846. The molecule has 1 N–H and O–H groups in total. The molecular weight excluding hydrogens is 198 g/mol. The van der Waals surface area contributed by atoms with Gasteiger partial charge in [0.2, 0.25) is 0 Å². The average molecular weight is 219 g/mol. The summed E-state index contributed by atoms with van der Waals surface area (Å²) < 4.78 is 0. The standard InChI is InChI=1S/C13H21N3/c1-14-13-12(7-6-8-15-13)11-16-9-4-2-3-5-10-16/h6-8H,2-5,9-11H2,1H3,(H,14,15). The molecule has 0 radical (unpaired) electrons. The van der Waals surface area contributed by atoms with Crippen molar-refractivity contribution in [1.82, 2.24) is 9.88 Å². The number of hydrogen-bond acceptors (Lipinski definition) is 3.